The molecule has 0 heterocycles. The van der Waals surface area contributed by atoms with Crippen molar-refractivity contribution in [1.82, 2.24) is 0 Å². The number of ether oxygens (including phenoxy) is 2. The first-order chi connectivity index (χ1) is 10.2. The summed E-state index contributed by atoms with van der Waals surface area (Å²) in [7, 11) is 0. The molecule has 0 unspecified atom stereocenters. The van der Waals surface area contributed by atoms with Crippen molar-refractivity contribution < 1.29 is 9.47 Å². The minimum Gasteiger partial charge on any atom is -0.490 e. The summed E-state index contributed by atoms with van der Waals surface area (Å²) in [5.74, 6) is 1.51. The van der Waals surface area contributed by atoms with Crippen molar-refractivity contribution in [1.29, 1.82) is 0 Å². The maximum atomic E-state index is 6.11. The Morgan fingerprint density at radius 2 is 1.52 bits per heavy atom. The van der Waals surface area contributed by atoms with Crippen LogP contribution in [0.1, 0.15) is 19.4 Å². The van der Waals surface area contributed by atoms with Crippen LogP contribution in [-0.2, 0) is 6.54 Å². The number of rotatable bonds is 6. The van der Waals surface area contributed by atoms with Crippen molar-refractivity contribution in [3.8, 4) is 22.6 Å². The molecular formula is C17H20ClNO2. The first-order valence-corrected chi connectivity index (χ1v) is 7.45. The fourth-order valence-electron chi connectivity index (χ4n) is 2.14. The number of halogens is 1. The molecule has 0 atom stereocenters. The van der Waals surface area contributed by atoms with E-state index < -0.39 is 0 Å². The average molecular weight is 306 g/mol. The SMILES string of the molecule is CCOc1ccc(-c2ccc(Cl)c(CN)c2)cc1OCC. The first-order valence-electron chi connectivity index (χ1n) is 7.08. The van der Waals surface area contributed by atoms with Crippen LogP contribution in [0.15, 0.2) is 36.4 Å². The molecule has 21 heavy (non-hydrogen) atoms. The van der Waals surface area contributed by atoms with Crippen molar-refractivity contribution >= 4 is 11.6 Å². The van der Waals surface area contributed by atoms with E-state index in [9.17, 15) is 0 Å². The highest BCUT2D eigenvalue weighted by molar-refractivity contribution is 6.31. The summed E-state index contributed by atoms with van der Waals surface area (Å²) in [4.78, 5) is 0. The minimum absolute atomic E-state index is 0.419. The van der Waals surface area contributed by atoms with Crippen LogP contribution in [0.25, 0.3) is 11.1 Å². The molecule has 0 amide bonds. The van der Waals surface area contributed by atoms with Gasteiger partial charge in [0.2, 0.25) is 0 Å². The van der Waals surface area contributed by atoms with Gasteiger partial charge in [0.05, 0.1) is 13.2 Å². The Labute approximate surface area is 130 Å². The van der Waals surface area contributed by atoms with E-state index in [1.54, 1.807) is 0 Å². The molecule has 0 fully saturated rings. The molecule has 3 nitrogen and oxygen atoms in total. The van der Waals surface area contributed by atoms with E-state index in [-0.39, 0.29) is 0 Å². The third-order valence-electron chi connectivity index (χ3n) is 3.14. The Hall–Kier alpha value is -1.71. The van der Waals surface area contributed by atoms with Crippen LogP contribution in [0.4, 0.5) is 0 Å². The second-order valence-electron chi connectivity index (χ2n) is 4.54. The zero-order valence-electron chi connectivity index (χ0n) is 12.4. The molecule has 2 N–H and O–H groups in total. The molecule has 0 aliphatic carbocycles. The standard InChI is InChI=1S/C17H20ClNO2/c1-3-20-16-8-6-13(10-17(16)21-4-2)12-5-7-15(18)14(9-12)11-19/h5-10H,3-4,11,19H2,1-2H3. The molecule has 4 heteroatoms. The Kier molecular flexibility index (Phi) is 5.48. The van der Waals surface area contributed by atoms with E-state index in [0.717, 1.165) is 28.2 Å². The highest BCUT2D eigenvalue weighted by Gasteiger charge is 2.09. The quantitative estimate of drug-likeness (QED) is 0.867. The predicted molar refractivity (Wildman–Crippen MR) is 87.1 cm³/mol. The molecule has 2 aromatic carbocycles. The number of benzene rings is 2. The van der Waals surface area contributed by atoms with Crippen LogP contribution in [0.2, 0.25) is 5.02 Å². The Morgan fingerprint density at radius 1 is 0.905 bits per heavy atom. The predicted octanol–water partition coefficient (Wildman–Crippen LogP) is 4.26. The summed E-state index contributed by atoms with van der Waals surface area (Å²) in [6.45, 7) is 5.53. The van der Waals surface area contributed by atoms with Gasteiger partial charge in [-0.2, -0.15) is 0 Å². The topological polar surface area (TPSA) is 44.5 Å². The molecular weight excluding hydrogens is 286 g/mol. The third kappa shape index (κ3) is 3.69. The largest absolute Gasteiger partial charge is 0.490 e. The van der Waals surface area contributed by atoms with Gasteiger partial charge in [-0.3, -0.25) is 0 Å². The summed E-state index contributed by atoms with van der Waals surface area (Å²) >= 11 is 6.11. The van der Waals surface area contributed by atoms with Gasteiger partial charge in [0.1, 0.15) is 0 Å². The number of nitrogens with two attached hydrogens (primary N) is 1. The van der Waals surface area contributed by atoms with E-state index in [0.29, 0.717) is 24.8 Å². The lowest BCUT2D eigenvalue weighted by atomic mass is 10.0. The molecule has 0 saturated heterocycles. The Bertz CT molecular complexity index is 614. The van der Waals surface area contributed by atoms with Crippen LogP contribution < -0.4 is 15.2 Å². The lowest BCUT2D eigenvalue weighted by Crippen LogP contribution is -1.99. The van der Waals surface area contributed by atoms with Gasteiger partial charge < -0.3 is 15.2 Å². The van der Waals surface area contributed by atoms with Crippen molar-refractivity contribution in [3.05, 3.63) is 47.0 Å². The molecule has 0 bridgehead atoms. The van der Waals surface area contributed by atoms with Gasteiger partial charge >= 0.3 is 0 Å². The smallest absolute Gasteiger partial charge is 0.161 e. The van der Waals surface area contributed by atoms with Crippen LogP contribution in [0, 0.1) is 0 Å². The van der Waals surface area contributed by atoms with Crippen molar-refractivity contribution in [2.24, 2.45) is 5.73 Å². The Morgan fingerprint density at radius 3 is 2.19 bits per heavy atom. The van der Waals surface area contributed by atoms with Crippen LogP contribution in [-0.4, -0.2) is 13.2 Å². The fourth-order valence-corrected chi connectivity index (χ4v) is 2.34. The zero-order valence-corrected chi connectivity index (χ0v) is 13.1. The molecule has 0 radical (unpaired) electrons. The second-order valence-corrected chi connectivity index (χ2v) is 4.95. The van der Waals surface area contributed by atoms with E-state index in [2.05, 4.69) is 0 Å². The van der Waals surface area contributed by atoms with Gasteiger partial charge in [0.25, 0.3) is 0 Å². The monoisotopic (exact) mass is 305 g/mol. The van der Waals surface area contributed by atoms with Gasteiger partial charge in [-0.1, -0.05) is 23.7 Å². The van der Waals surface area contributed by atoms with E-state index in [1.165, 1.54) is 0 Å². The van der Waals surface area contributed by atoms with Gasteiger partial charge in [-0.15, -0.1) is 0 Å². The van der Waals surface area contributed by atoms with Crippen molar-refractivity contribution in [3.63, 3.8) is 0 Å². The summed E-state index contributed by atoms with van der Waals surface area (Å²) in [6.07, 6.45) is 0. The minimum atomic E-state index is 0.419. The van der Waals surface area contributed by atoms with Crippen LogP contribution in [0.3, 0.4) is 0 Å². The molecule has 2 aromatic rings. The first kappa shape index (κ1) is 15.7. The molecule has 0 aromatic heterocycles. The third-order valence-corrected chi connectivity index (χ3v) is 3.51. The maximum Gasteiger partial charge on any atom is 0.161 e. The number of hydrogen-bond acceptors (Lipinski definition) is 3. The van der Waals surface area contributed by atoms with Gasteiger partial charge in [-0.05, 0) is 54.8 Å². The zero-order chi connectivity index (χ0) is 15.2. The number of hydrogen-bond donors (Lipinski definition) is 1. The fraction of sp³-hybridized carbons (Fsp3) is 0.294. The van der Waals surface area contributed by atoms with Gasteiger partial charge in [0, 0.05) is 11.6 Å². The summed E-state index contributed by atoms with van der Waals surface area (Å²) in [6, 6.07) is 11.8. The summed E-state index contributed by atoms with van der Waals surface area (Å²) in [5.41, 5.74) is 8.75. The second kappa shape index (κ2) is 7.34. The van der Waals surface area contributed by atoms with Gasteiger partial charge in [0.15, 0.2) is 11.5 Å². The van der Waals surface area contributed by atoms with E-state index in [4.69, 9.17) is 26.8 Å². The normalized spacial score (nSPS) is 10.5. The lowest BCUT2D eigenvalue weighted by Gasteiger charge is -2.13. The van der Waals surface area contributed by atoms with E-state index >= 15 is 0 Å². The summed E-state index contributed by atoms with van der Waals surface area (Å²) in [5, 5.41) is 0.692. The maximum absolute atomic E-state index is 6.11. The summed E-state index contributed by atoms with van der Waals surface area (Å²) < 4.78 is 11.2. The molecule has 0 aliphatic rings. The lowest BCUT2D eigenvalue weighted by molar-refractivity contribution is 0.288. The molecule has 2 rings (SSSR count). The average Bonchev–Trinajstić information content (AvgIpc) is 2.50. The highest BCUT2D eigenvalue weighted by Crippen LogP contribution is 2.34. The van der Waals surface area contributed by atoms with Crippen molar-refractivity contribution in [2.45, 2.75) is 20.4 Å². The molecule has 0 saturated carbocycles. The van der Waals surface area contributed by atoms with Crippen LogP contribution in [0.5, 0.6) is 11.5 Å². The van der Waals surface area contributed by atoms with Gasteiger partial charge in [-0.25, -0.2) is 0 Å². The molecule has 112 valence electrons. The Balaban J connectivity index is 2.41. The van der Waals surface area contributed by atoms with E-state index in [1.807, 2.05) is 50.2 Å². The molecule has 0 spiro atoms. The van der Waals surface area contributed by atoms with Crippen molar-refractivity contribution in [2.75, 3.05) is 13.2 Å². The molecule has 0 aliphatic heterocycles. The highest BCUT2D eigenvalue weighted by atomic mass is 35.5. The van der Waals surface area contributed by atoms with Crippen LogP contribution >= 0.6 is 11.6 Å².